The van der Waals surface area contributed by atoms with Gasteiger partial charge in [-0.05, 0) is 0 Å². The standard InChI is InChI=1S/C9H10OSSe/c1-11-9(10)7-5-3-4-6-8(7)12-2/h3-6H,1-2H3. The molecule has 0 N–H and O–H groups in total. The number of benzene rings is 1. The number of hydrogen-bond acceptors (Lipinski definition) is 2. The first-order valence-corrected chi connectivity index (χ1v) is 7.30. The van der Waals surface area contributed by atoms with Crippen molar-refractivity contribution in [3.8, 4) is 0 Å². The quantitative estimate of drug-likeness (QED) is 0.736. The summed E-state index contributed by atoms with van der Waals surface area (Å²) in [5, 5.41) is 0.175. The number of hydrogen-bond donors (Lipinski definition) is 0. The van der Waals surface area contributed by atoms with Gasteiger partial charge < -0.3 is 0 Å². The molecule has 0 aromatic heterocycles. The van der Waals surface area contributed by atoms with Crippen molar-refractivity contribution in [1.82, 2.24) is 0 Å². The molecule has 0 atom stereocenters. The van der Waals surface area contributed by atoms with E-state index >= 15 is 0 Å². The van der Waals surface area contributed by atoms with Crippen molar-refractivity contribution in [1.29, 1.82) is 0 Å². The fourth-order valence-electron chi connectivity index (χ4n) is 0.923. The van der Waals surface area contributed by atoms with Crippen molar-refractivity contribution in [3.05, 3.63) is 29.8 Å². The van der Waals surface area contributed by atoms with Crippen LogP contribution in [0.4, 0.5) is 0 Å². The second-order valence-corrected chi connectivity index (χ2v) is 4.75. The number of thioether (sulfide) groups is 1. The van der Waals surface area contributed by atoms with Gasteiger partial charge in [-0.3, -0.25) is 0 Å². The van der Waals surface area contributed by atoms with E-state index in [1.54, 1.807) is 0 Å². The van der Waals surface area contributed by atoms with E-state index < -0.39 is 0 Å². The van der Waals surface area contributed by atoms with E-state index in [9.17, 15) is 4.79 Å². The molecule has 0 aliphatic heterocycles. The molecule has 0 amide bonds. The molecule has 0 aliphatic rings. The van der Waals surface area contributed by atoms with Crippen LogP contribution in [0.5, 0.6) is 0 Å². The van der Waals surface area contributed by atoms with E-state index in [1.165, 1.54) is 16.2 Å². The molecule has 0 radical (unpaired) electrons. The third kappa shape index (κ3) is 2.13. The molecular formula is C9H10OSSe. The molecule has 0 aliphatic carbocycles. The monoisotopic (exact) mass is 246 g/mol. The zero-order chi connectivity index (χ0) is 8.97. The van der Waals surface area contributed by atoms with Gasteiger partial charge in [0.1, 0.15) is 0 Å². The fraction of sp³-hybridized carbons (Fsp3) is 0.222. The Labute approximate surface area is 83.1 Å². The molecule has 3 heteroatoms. The Morgan fingerprint density at radius 1 is 1.42 bits per heavy atom. The zero-order valence-electron chi connectivity index (χ0n) is 7.03. The van der Waals surface area contributed by atoms with Crippen molar-refractivity contribution < 1.29 is 4.79 Å². The maximum atomic E-state index is 11.4. The maximum absolute atomic E-state index is 11.4. The number of carbonyl (C=O) groups excluding carboxylic acids is 1. The van der Waals surface area contributed by atoms with Gasteiger partial charge in [-0.15, -0.1) is 0 Å². The van der Waals surface area contributed by atoms with Gasteiger partial charge in [-0.25, -0.2) is 0 Å². The van der Waals surface area contributed by atoms with E-state index in [4.69, 9.17) is 0 Å². The molecule has 0 saturated heterocycles. The molecule has 1 aromatic rings. The van der Waals surface area contributed by atoms with Gasteiger partial charge in [0.15, 0.2) is 0 Å². The molecule has 0 unspecified atom stereocenters. The topological polar surface area (TPSA) is 17.1 Å². The predicted molar refractivity (Wildman–Crippen MR) is 55.5 cm³/mol. The average Bonchev–Trinajstić information content (AvgIpc) is 2.16. The Kier molecular flexibility index (Phi) is 3.86. The molecule has 0 fully saturated rings. The Morgan fingerprint density at radius 3 is 2.67 bits per heavy atom. The van der Waals surface area contributed by atoms with E-state index in [1.807, 2.05) is 30.5 Å². The van der Waals surface area contributed by atoms with Gasteiger partial charge in [0.25, 0.3) is 0 Å². The van der Waals surface area contributed by atoms with Crippen molar-refractivity contribution in [2.45, 2.75) is 5.82 Å². The van der Waals surface area contributed by atoms with Gasteiger partial charge in [0.2, 0.25) is 0 Å². The van der Waals surface area contributed by atoms with Crippen LogP contribution in [-0.2, 0) is 0 Å². The molecule has 12 heavy (non-hydrogen) atoms. The first-order chi connectivity index (χ1) is 5.79. The average molecular weight is 245 g/mol. The molecule has 1 rings (SSSR count). The van der Waals surface area contributed by atoms with E-state index in [2.05, 4.69) is 5.82 Å². The van der Waals surface area contributed by atoms with Gasteiger partial charge in [-0.1, -0.05) is 0 Å². The minimum absolute atomic E-state index is 0.175. The van der Waals surface area contributed by atoms with Crippen molar-refractivity contribution >= 4 is 36.3 Å². The van der Waals surface area contributed by atoms with E-state index in [0.29, 0.717) is 15.0 Å². The van der Waals surface area contributed by atoms with Gasteiger partial charge >= 0.3 is 83.0 Å². The molecule has 1 nitrogen and oxygen atoms in total. The summed E-state index contributed by atoms with van der Waals surface area (Å²) in [4.78, 5) is 11.4. The van der Waals surface area contributed by atoms with E-state index in [0.717, 1.165) is 5.56 Å². The summed E-state index contributed by atoms with van der Waals surface area (Å²) in [6.45, 7) is 0. The van der Waals surface area contributed by atoms with Gasteiger partial charge in [0.05, 0.1) is 0 Å². The summed E-state index contributed by atoms with van der Waals surface area (Å²) < 4.78 is 1.20. The fourth-order valence-corrected chi connectivity index (χ4v) is 2.72. The first kappa shape index (κ1) is 9.84. The second-order valence-electron chi connectivity index (χ2n) is 2.19. The van der Waals surface area contributed by atoms with Gasteiger partial charge in [0, 0.05) is 0 Å². The summed E-state index contributed by atoms with van der Waals surface area (Å²) >= 11 is 1.68. The summed E-state index contributed by atoms with van der Waals surface area (Å²) in [5.41, 5.74) is 0.882. The van der Waals surface area contributed by atoms with Crippen LogP contribution < -0.4 is 4.46 Å². The Bertz CT molecular complexity index is 286. The minimum atomic E-state index is 0.175. The van der Waals surface area contributed by atoms with Crippen LogP contribution in [0.25, 0.3) is 0 Å². The van der Waals surface area contributed by atoms with Crippen LogP contribution >= 0.6 is 11.8 Å². The Hall–Kier alpha value is -0.241. The molecule has 1 aromatic carbocycles. The second kappa shape index (κ2) is 4.70. The number of carbonyl (C=O) groups is 1. The molecular weight excluding hydrogens is 235 g/mol. The Morgan fingerprint density at radius 2 is 2.08 bits per heavy atom. The van der Waals surface area contributed by atoms with Crippen molar-refractivity contribution in [3.63, 3.8) is 0 Å². The summed E-state index contributed by atoms with van der Waals surface area (Å²) in [7, 11) is 0. The van der Waals surface area contributed by atoms with Crippen LogP contribution in [0.1, 0.15) is 10.4 Å². The van der Waals surface area contributed by atoms with Crippen LogP contribution in [0, 0.1) is 0 Å². The molecule has 0 saturated carbocycles. The Balaban J connectivity index is 3.04. The molecule has 64 valence electrons. The third-order valence-corrected chi connectivity index (χ3v) is 3.77. The first-order valence-electron chi connectivity index (χ1n) is 3.51. The van der Waals surface area contributed by atoms with Crippen LogP contribution in [0.3, 0.4) is 0 Å². The van der Waals surface area contributed by atoms with Crippen molar-refractivity contribution in [2.24, 2.45) is 0 Å². The normalized spacial score (nSPS) is 9.83. The van der Waals surface area contributed by atoms with Gasteiger partial charge in [-0.2, -0.15) is 0 Å². The van der Waals surface area contributed by atoms with Crippen LogP contribution in [0.15, 0.2) is 24.3 Å². The SMILES string of the molecule is CSC(=O)c1ccccc1[Se]C. The zero-order valence-corrected chi connectivity index (χ0v) is 9.56. The summed E-state index contributed by atoms with van der Waals surface area (Å²) in [6, 6.07) is 7.83. The summed E-state index contributed by atoms with van der Waals surface area (Å²) in [6.07, 6.45) is 1.82. The molecule has 0 bridgehead atoms. The summed E-state index contributed by atoms with van der Waals surface area (Å²) in [5.74, 6) is 2.12. The van der Waals surface area contributed by atoms with Crippen molar-refractivity contribution in [2.75, 3.05) is 6.26 Å². The van der Waals surface area contributed by atoms with E-state index in [-0.39, 0.29) is 5.12 Å². The molecule has 0 spiro atoms. The predicted octanol–water partition coefficient (Wildman–Crippen LogP) is 1.57. The van der Waals surface area contributed by atoms with Crippen LogP contribution in [-0.4, -0.2) is 26.3 Å². The number of rotatable bonds is 2. The van der Waals surface area contributed by atoms with Crippen LogP contribution in [0.2, 0.25) is 5.82 Å². The third-order valence-electron chi connectivity index (χ3n) is 1.51. The molecule has 0 heterocycles.